The Labute approximate surface area is 188 Å². The number of aromatic nitrogens is 3. The number of aliphatic imine (C=N–C) groups is 1. The number of nitrogens with one attached hydrogen (secondary N) is 1. The number of amidine groups is 1. The predicted molar refractivity (Wildman–Crippen MR) is 112 cm³/mol. The van der Waals surface area contributed by atoms with E-state index in [4.69, 9.17) is 4.74 Å². The van der Waals surface area contributed by atoms with Gasteiger partial charge in [-0.15, -0.1) is 0 Å². The van der Waals surface area contributed by atoms with Crippen molar-refractivity contribution in [2.24, 2.45) is 4.99 Å². The van der Waals surface area contributed by atoms with E-state index in [0.29, 0.717) is 21.8 Å². The van der Waals surface area contributed by atoms with E-state index in [0.717, 1.165) is 6.20 Å². The first-order valence-electron chi connectivity index (χ1n) is 9.25. The highest BCUT2D eigenvalue weighted by Gasteiger charge is 2.34. The number of carbonyl (C=O) groups is 1. The fourth-order valence-electron chi connectivity index (χ4n) is 3.29. The molecule has 0 bridgehead atoms. The summed E-state index contributed by atoms with van der Waals surface area (Å²) in [7, 11) is 1.22. The van der Waals surface area contributed by atoms with Gasteiger partial charge in [0.1, 0.15) is 23.4 Å². The minimum Gasteiger partial charge on any atom is -0.466 e. The van der Waals surface area contributed by atoms with Crippen LogP contribution in [0.2, 0.25) is 0 Å². The predicted octanol–water partition coefficient (Wildman–Crippen LogP) is 3.68. The van der Waals surface area contributed by atoms with E-state index in [-0.39, 0.29) is 23.6 Å². The lowest BCUT2D eigenvalue weighted by Crippen LogP contribution is -2.36. The molecule has 2 aromatic heterocycles. The molecule has 0 aliphatic carbocycles. The molecule has 11 heteroatoms. The summed E-state index contributed by atoms with van der Waals surface area (Å²) < 4.78 is 48.6. The van der Waals surface area contributed by atoms with Crippen molar-refractivity contribution in [2.45, 2.75) is 12.6 Å². The SMILES string of the molecule is COC(=O)C1=C(Cn2ccnc2)NC(c2ncc(F)cc2F)=N[C@H]1c1ccc(F)cc1Br. The zero-order chi connectivity index (χ0) is 22.8. The van der Waals surface area contributed by atoms with E-state index >= 15 is 0 Å². The van der Waals surface area contributed by atoms with Crippen LogP contribution in [0.4, 0.5) is 13.2 Å². The molecule has 0 amide bonds. The second-order valence-electron chi connectivity index (χ2n) is 6.77. The summed E-state index contributed by atoms with van der Waals surface area (Å²) in [6.45, 7) is 0.140. The first-order valence-corrected chi connectivity index (χ1v) is 10.0. The van der Waals surface area contributed by atoms with Gasteiger partial charge in [-0.25, -0.2) is 27.9 Å². The summed E-state index contributed by atoms with van der Waals surface area (Å²) >= 11 is 3.30. The van der Waals surface area contributed by atoms with Gasteiger partial charge in [0.2, 0.25) is 0 Å². The Hall–Kier alpha value is -3.47. The Balaban J connectivity index is 1.91. The normalized spacial score (nSPS) is 15.9. The number of carbonyl (C=O) groups excluding carboxylic acids is 1. The molecule has 0 radical (unpaired) electrons. The average Bonchev–Trinajstić information content (AvgIpc) is 3.26. The number of esters is 1. The fraction of sp³-hybridized carbons (Fsp3) is 0.143. The molecular weight excluding hydrogens is 491 g/mol. The number of nitrogens with zero attached hydrogens (tertiary/aromatic N) is 4. The molecule has 164 valence electrons. The molecule has 1 aromatic carbocycles. The average molecular weight is 506 g/mol. The summed E-state index contributed by atoms with van der Waals surface area (Å²) in [5.74, 6) is -2.97. The standard InChI is InChI=1S/C21H15BrF3N5O2/c1-32-21(31)17-16(9-30-5-4-26-10-30)28-20(19-15(25)7-12(24)8-27-19)29-18(17)13-3-2-11(23)6-14(13)22/h2-8,10,18H,9H2,1H3,(H,28,29)/t18-/m0/s1. The van der Waals surface area contributed by atoms with Crippen LogP contribution in [0.25, 0.3) is 0 Å². The highest BCUT2D eigenvalue weighted by molar-refractivity contribution is 9.10. The maximum Gasteiger partial charge on any atom is 0.338 e. The monoisotopic (exact) mass is 505 g/mol. The molecule has 3 aromatic rings. The molecule has 0 saturated heterocycles. The summed E-state index contributed by atoms with van der Waals surface area (Å²) in [6.07, 6.45) is 5.63. The lowest BCUT2D eigenvalue weighted by atomic mass is 9.95. The van der Waals surface area contributed by atoms with Gasteiger partial charge in [0, 0.05) is 28.6 Å². The van der Waals surface area contributed by atoms with Crippen molar-refractivity contribution in [1.82, 2.24) is 19.9 Å². The Morgan fingerprint density at radius 3 is 2.72 bits per heavy atom. The third-order valence-corrected chi connectivity index (χ3v) is 5.41. The molecule has 1 aliphatic heterocycles. The number of halogens is 4. The molecule has 1 aliphatic rings. The number of allylic oxidation sites excluding steroid dienone is 1. The minimum absolute atomic E-state index is 0.0218. The summed E-state index contributed by atoms with van der Waals surface area (Å²) in [5, 5.41) is 2.93. The van der Waals surface area contributed by atoms with Crippen LogP contribution in [-0.4, -0.2) is 33.4 Å². The maximum absolute atomic E-state index is 14.5. The second-order valence-corrected chi connectivity index (χ2v) is 7.63. The molecule has 0 saturated carbocycles. The lowest BCUT2D eigenvalue weighted by molar-refractivity contribution is -0.136. The zero-order valence-corrected chi connectivity index (χ0v) is 18.1. The third kappa shape index (κ3) is 4.28. The van der Waals surface area contributed by atoms with Crippen LogP contribution in [0.5, 0.6) is 0 Å². The molecule has 0 fully saturated rings. The van der Waals surface area contributed by atoms with Crippen molar-refractivity contribution in [2.75, 3.05) is 7.11 Å². The van der Waals surface area contributed by atoms with Crippen LogP contribution in [0.1, 0.15) is 17.3 Å². The van der Waals surface area contributed by atoms with Crippen LogP contribution in [0.15, 0.2) is 69.9 Å². The Kier molecular flexibility index (Phi) is 6.08. The van der Waals surface area contributed by atoms with Crippen LogP contribution in [0, 0.1) is 17.5 Å². The molecule has 1 N–H and O–H groups in total. The van der Waals surface area contributed by atoms with Gasteiger partial charge in [-0.2, -0.15) is 0 Å². The number of pyridine rings is 1. The summed E-state index contributed by atoms with van der Waals surface area (Å²) in [4.78, 5) is 25.1. The Morgan fingerprint density at radius 1 is 1.25 bits per heavy atom. The smallest absolute Gasteiger partial charge is 0.338 e. The first-order chi connectivity index (χ1) is 15.4. The number of hydrogen-bond donors (Lipinski definition) is 1. The van der Waals surface area contributed by atoms with Gasteiger partial charge < -0.3 is 14.6 Å². The Morgan fingerprint density at radius 2 is 2.06 bits per heavy atom. The number of hydrogen-bond acceptors (Lipinski definition) is 6. The van der Waals surface area contributed by atoms with Gasteiger partial charge in [-0.1, -0.05) is 22.0 Å². The van der Waals surface area contributed by atoms with Gasteiger partial charge in [0.05, 0.1) is 31.8 Å². The molecule has 7 nitrogen and oxygen atoms in total. The number of imidazole rings is 1. The number of benzene rings is 1. The van der Waals surface area contributed by atoms with Gasteiger partial charge in [0.25, 0.3) is 0 Å². The lowest BCUT2D eigenvalue weighted by Gasteiger charge is -2.28. The number of methoxy groups -OCH3 is 1. The molecule has 32 heavy (non-hydrogen) atoms. The van der Waals surface area contributed by atoms with E-state index in [2.05, 4.69) is 36.2 Å². The van der Waals surface area contributed by atoms with Crippen LogP contribution >= 0.6 is 15.9 Å². The van der Waals surface area contributed by atoms with Crippen molar-refractivity contribution in [3.8, 4) is 0 Å². The van der Waals surface area contributed by atoms with Crippen LogP contribution in [-0.2, 0) is 16.1 Å². The number of rotatable bonds is 5. The number of ether oxygens (including phenoxy) is 1. The fourth-order valence-corrected chi connectivity index (χ4v) is 3.86. The van der Waals surface area contributed by atoms with Gasteiger partial charge in [-0.3, -0.25) is 4.99 Å². The zero-order valence-electron chi connectivity index (χ0n) is 16.5. The van der Waals surface area contributed by atoms with Crippen molar-refractivity contribution < 1.29 is 22.7 Å². The van der Waals surface area contributed by atoms with Crippen LogP contribution in [0.3, 0.4) is 0 Å². The molecule has 4 rings (SSSR count). The third-order valence-electron chi connectivity index (χ3n) is 4.72. The Bertz CT molecular complexity index is 1240. The molecule has 0 unspecified atom stereocenters. The highest BCUT2D eigenvalue weighted by Crippen LogP contribution is 2.37. The van der Waals surface area contributed by atoms with Crippen molar-refractivity contribution >= 4 is 27.7 Å². The van der Waals surface area contributed by atoms with Gasteiger partial charge >= 0.3 is 5.97 Å². The van der Waals surface area contributed by atoms with Crippen LogP contribution < -0.4 is 5.32 Å². The van der Waals surface area contributed by atoms with Crippen molar-refractivity contribution in [3.63, 3.8) is 0 Å². The molecular formula is C21H15BrF3N5O2. The van der Waals surface area contributed by atoms with E-state index < -0.39 is 29.5 Å². The largest absolute Gasteiger partial charge is 0.466 e. The topological polar surface area (TPSA) is 81.4 Å². The van der Waals surface area contributed by atoms with Gasteiger partial charge in [-0.05, 0) is 17.7 Å². The van der Waals surface area contributed by atoms with Gasteiger partial charge in [0.15, 0.2) is 11.7 Å². The highest BCUT2D eigenvalue weighted by atomic mass is 79.9. The van der Waals surface area contributed by atoms with E-state index in [9.17, 15) is 18.0 Å². The second kappa shape index (κ2) is 8.95. The van der Waals surface area contributed by atoms with E-state index in [1.54, 1.807) is 17.0 Å². The summed E-state index contributed by atoms with van der Waals surface area (Å²) in [6, 6.07) is 3.61. The van der Waals surface area contributed by atoms with E-state index in [1.165, 1.54) is 31.6 Å². The molecule has 1 atom stereocenters. The van der Waals surface area contributed by atoms with Crippen molar-refractivity contribution in [1.29, 1.82) is 0 Å². The first kappa shape index (κ1) is 21.8. The summed E-state index contributed by atoms with van der Waals surface area (Å²) in [5.41, 5.74) is 0.685. The van der Waals surface area contributed by atoms with E-state index in [1.807, 2.05) is 0 Å². The minimum atomic E-state index is -0.988. The molecule has 0 spiro atoms. The quantitative estimate of drug-likeness (QED) is 0.535. The van der Waals surface area contributed by atoms with Crippen molar-refractivity contribution in [3.05, 3.63) is 93.6 Å². The maximum atomic E-state index is 14.5. The molecule has 3 heterocycles.